The lowest BCUT2D eigenvalue weighted by Gasteiger charge is -2.24. The van der Waals surface area contributed by atoms with E-state index in [4.69, 9.17) is 0 Å². The highest BCUT2D eigenvalue weighted by Crippen LogP contribution is 2.29. The van der Waals surface area contributed by atoms with E-state index < -0.39 is 0 Å². The molecule has 0 saturated carbocycles. The van der Waals surface area contributed by atoms with Crippen LogP contribution in [0.4, 0.5) is 15.8 Å². The van der Waals surface area contributed by atoms with E-state index in [1.807, 2.05) is 32.2 Å². The molecule has 0 radical (unpaired) electrons. The van der Waals surface area contributed by atoms with E-state index in [1.54, 1.807) is 6.07 Å². The van der Waals surface area contributed by atoms with Crippen molar-refractivity contribution in [2.24, 2.45) is 0 Å². The van der Waals surface area contributed by atoms with Crippen LogP contribution < -0.4 is 10.2 Å². The van der Waals surface area contributed by atoms with Gasteiger partial charge in [-0.25, -0.2) is 4.39 Å². The summed E-state index contributed by atoms with van der Waals surface area (Å²) in [5, 5.41) is 3.26. The zero-order valence-corrected chi connectivity index (χ0v) is 12.3. The Balaban J connectivity index is 2.38. The van der Waals surface area contributed by atoms with Crippen molar-refractivity contribution < 1.29 is 4.39 Å². The molecule has 0 aliphatic heterocycles. The van der Waals surface area contributed by atoms with Crippen molar-refractivity contribution in [3.8, 4) is 0 Å². The molecular formula is C17H21FN2. The number of para-hydroxylation sites is 1. The molecule has 0 saturated heterocycles. The molecule has 20 heavy (non-hydrogen) atoms. The molecule has 0 amide bonds. The Hall–Kier alpha value is -1.87. The minimum absolute atomic E-state index is 0.195. The summed E-state index contributed by atoms with van der Waals surface area (Å²) in [4.78, 5) is 2.11. The number of hydrogen-bond acceptors (Lipinski definition) is 2. The molecule has 0 heterocycles. The predicted molar refractivity (Wildman–Crippen MR) is 83.0 cm³/mol. The van der Waals surface area contributed by atoms with Crippen LogP contribution >= 0.6 is 0 Å². The second kappa shape index (κ2) is 6.53. The van der Waals surface area contributed by atoms with Crippen LogP contribution in [0.5, 0.6) is 0 Å². The topological polar surface area (TPSA) is 15.3 Å². The molecule has 2 rings (SSSR count). The first-order valence-corrected chi connectivity index (χ1v) is 6.92. The summed E-state index contributed by atoms with van der Waals surface area (Å²) in [6.07, 6.45) is 0. The highest BCUT2D eigenvalue weighted by atomic mass is 19.1. The van der Waals surface area contributed by atoms with Gasteiger partial charge in [0.05, 0.1) is 0 Å². The van der Waals surface area contributed by atoms with E-state index in [2.05, 4.69) is 29.3 Å². The van der Waals surface area contributed by atoms with E-state index in [-0.39, 0.29) is 5.82 Å². The number of nitrogens with zero attached hydrogens (tertiary/aromatic N) is 1. The van der Waals surface area contributed by atoms with Gasteiger partial charge in [-0.2, -0.15) is 0 Å². The van der Waals surface area contributed by atoms with Crippen molar-refractivity contribution in [3.63, 3.8) is 0 Å². The molecule has 2 aromatic rings. The summed E-state index contributed by atoms with van der Waals surface area (Å²) < 4.78 is 13.5. The van der Waals surface area contributed by atoms with Crippen LogP contribution in [0, 0.1) is 12.7 Å². The average Bonchev–Trinajstić information content (AvgIpc) is 2.45. The molecule has 2 nitrogen and oxygen atoms in total. The smallest absolute Gasteiger partial charge is 0.123 e. The number of anilines is 2. The van der Waals surface area contributed by atoms with Crippen molar-refractivity contribution in [2.45, 2.75) is 20.4 Å². The second-order valence-corrected chi connectivity index (χ2v) is 4.90. The number of nitrogens with one attached hydrogen (secondary N) is 1. The van der Waals surface area contributed by atoms with Gasteiger partial charge in [-0.05, 0) is 48.9 Å². The van der Waals surface area contributed by atoms with Crippen LogP contribution in [-0.2, 0) is 6.54 Å². The predicted octanol–water partition coefficient (Wildman–Crippen LogP) is 4.01. The lowest BCUT2D eigenvalue weighted by Crippen LogP contribution is -2.18. The maximum atomic E-state index is 13.5. The Morgan fingerprint density at radius 3 is 2.55 bits per heavy atom. The molecule has 1 N–H and O–H groups in total. The fourth-order valence-electron chi connectivity index (χ4n) is 2.35. The molecule has 0 aliphatic rings. The molecular weight excluding hydrogens is 251 g/mol. The summed E-state index contributed by atoms with van der Waals surface area (Å²) in [6, 6.07) is 13.2. The first kappa shape index (κ1) is 14.5. The summed E-state index contributed by atoms with van der Waals surface area (Å²) >= 11 is 0. The van der Waals surface area contributed by atoms with Gasteiger partial charge in [0.25, 0.3) is 0 Å². The van der Waals surface area contributed by atoms with E-state index in [9.17, 15) is 4.39 Å². The monoisotopic (exact) mass is 272 g/mol. The molecule has 0 fully saturated rings. The maximum absolute atomic E-state index is 13.5. The summed E-state index contributed by atoms with van der Waals surface area (Å²) in [5.74, 6) is -0.195. The lowest BCUT2D eigenvalue weighted by atomic mass is 10.1. The molecule has 0 atom stereocenters. The Morgan fingerprint density at radius 2 is 1.85 bits per heavy atom. The fourth-order valence-corrected chi connectivity index (χ4v) is 2.35. The Bertz CT molecular complexity index is 581. The molecule has 0 aromatic heterocycles. The average molecular weight is 272 g/mol. The van der Waals surface area contributed by atoms with Gasteiger partial charge in [-0.15, -0.1) is 0 Å². The lowest BCUT2D eigenvalue weighted by molar-refractivity contribution is 0.622. The largest absolute Gasteiger partial charge is 0.344 e. The van der Waals surface area contributed by atoms with Crippen LogP contribution in [-0.4, -0.2) is 13.6 Å². The van der Waals surface area contributed by atoms with Gasteiger partial charge in [0, 0.05) is 25.0 Å². The van der Waals surface area contributed by atoms with Crippen molar-refractivity contribution >= 4 is 11.4 Å². The van der Waals surface area contributed by atoms with Crippen molar-refractivity contribution in [1.29, 1.82) is 0 Å². The minimum Gasteiger partial charge on any atom is -0.344 e. The van der Waals surface area contributed by atoms with Crippen LogP contribution in [0.1, 0.15) is 18.1 Å². The van der Waals surface area contributed by atoms with Gasteiger partial charge in [0.15, 0.2) is 0 Å². The third-order valence-corrected chi connectivity index (χ3v) is 3.45. The third-order valence-electron chi connectivity index (χ3n) is 3.45. The SMILES string of the molecule is CCNCc1cc(F)ccc1N(C)c1ccccc1C. The normalized spacial score (nSPS) is 10.6. The van der Waals surface area contributed by atoms with Crippen LogP contribution in [0.3, 0.4) is 0 Å². The second-order valence-electron chi connectivity index (χ2n) is 4.90. The van der Waals surface area contributed by atoms with Crippen LogP contribution in [0.25, 0.3) is 0 Å². The zero-order valence-electron chi connectivity index (χ0n) is 12.3. The van der Waals surface area contributed by atoms with Gasteiger partial charge >= 0.3 is 0 Å². The number of halogens is 1. The van der Waals surface area contributed by atoms with Gasteiger partial charge < -0.3 is 10.2 Å². The van der Waals surface area contributed by atoms with Crippen molar-refractivity contribution in [2.75, 3.05) is 18.5 Å². The van der Waals surface area contributed by atoms with E-state index >= 15 is 0 Å². The van der Waals surface area contributed by atoms with E-state index in [0.29, 0.717) is 6.54 Å². The molecule has 3 heteroatoms. The molecule has 106 valence electrons. The summed E-state index contributed by atoms with van der Waals surface area (Å²) in [6.45, 7) is 5.66. The first-order chi connectivity index (χ1) is 9.63. The van der Waals surface area contributed by atoms with E-state index in [1.165, 1.54) is 11.6 Å². The highest BCUT2D eigenvalue weighted by molar-refractivity contribution is 5.68. The Kier molecular flexibility index (Phi) is 4.74. The first-order valence-electron chi connectivity index (χ1n) is 6.92. The van der Waals surface area contributed by atoms with Gasteiger partial charge in [0.1, 0.15) is 5.82 Å². The Labute approximate surface area is 120 Å². The van der Waals surface area contributed by atoms with Crippen LogP contribution in [0.2, 0.25) is 0 Å². The quantitative estimate of drug-likeness (QED) is 0.884. The third kappa shape index (κ3) is 3.17. The van der Waals surface area contributed by atoms with Gasteiger partial charge in [-0.1, -0.05) is 25.1 Å². The number of benzene rings is 2. The zero-order chi connectivity index (χ0) is 14.5. The van der Waals surface area contributed by atoms with Crippen molar-refractivity contribution in [1.82, 2.24) is 5.32 Å². The molecule has 0 unspecified atom stereocenters. The van der Waals surface area contributed by atoms with E-state index in [0.717, 1.165) is 23.5 Å². The summed E-state index contributed by atoms with van der Waals surface area (Å²) in [5.41, 5.74) is 4.34. The van der Waals surface area contributed by atoms with Gasteiger partial charge in [-0.3, -0.25) is 0 Å². The maximum Gasteiger partial charge on any atom is 0.123 e. The molecule has 0 aliphatic carbocycles. The number of aryl methyl sites for hydroxylation is 1. The minimum atomic E-state index is -0.195. The summed E-state index contributed by atoms with van der Waals surface area (Å²) in [7, 11) is 2.02. The highest BCUT2D eigenvalue weighted by Gasteiger charge is 2.11. The fraction of sp³-hybridized carbons (Fsp3) is 0.294. The standard InChI is InChI=1S/C17H21FN2/c1-4-19-12-14-11-15(18)9-10-17(14)20(3)16-8-6-5-7-13(16)2/h5-11,19H,4,12H2,1-3H3. The molecule has 0 bridgehead atoms. The molecule has 2 aromatic carbocycles. The number of rotatable bonds is 5. The van der Waals surface area contributed by atoms with Crippen molar-refractivity contribution in [3.05, 3.63) is 59.4 Å². The van der Waals surface area contributed by atoms with Gasteiger partial charge in [0.2, 0.25) is 0 Å². The van der Waals surface area contributed by atoms with Crippen LogP contribution in [0.15, 0.2) is 42.5 Å². The Morgan fingerprint density at radius 1 is 1.10 bits per heavy atom. The molecule has 0 spiro atoms. The number of hydrogen-bond donors (Lipinski definition) is 1.